The molecule has 6 nitrogen and oxygen atoms in total. The van der Waals surface area contributed by atoms with Gasteiger partial charge in [0.1, 0.15) is 5.69 Å². The first-order valence-electron chi connectivity index (χ1n) is 8.60. The first-order valence-corrected chi connectivity index (χ1v) is 8.60. The number of hydrogen-bond donors (Lipinski definition) is 1. The van der Waals surface area contributed by atoms with Gasteiger partial charge >= 0.3 is 0 Å². The molecule has 0 spiro atoms. The highest BCUT2D eigenvalue weighted by Crippen LogP contribution is 2.16. The van der Waals surface area contributed by atoms with Crippen molar-refractivity contribution in [3.8, 4) is 11.5 Å². The van der Waals surface area contributed by atoms with Crippen LogP contribution >= 0.6 is 0 Å². The number of rotatable bonds is 5. The molecule has 0 aliphatic heterocycles. The summed E-state index contributed by atoms with van der Waals surface area (Å²) in [5, 5.41) is 9.21. The average Bonchev–Trinajstić information content (AvgIpc) is 3.24. The summed E-state index contributed by atoms with van der Waals surface area (Å²) in [5.41, 5.74) is 0.920. The molecular formula is C21H17N3O3. The molecule has 4 rings (SSSR count). The van der Waals surface area contributed by atoms with E-state index in [4.69, 9.17) is 4.42 Å². The van der Waals surface area contributed by atoms with Crippen LogP contribution in [0.1, 0.15) is 10.4 Å². The maximum atomic E-state index is 12.4. The molecule has 2 aromatic carbocycles. The predicted molar refractivity (Wildman–Crippen MR) is 102 cm³/mol. The Balaban J connectivity index is 1.44. The zero-order valence-corrected chi connectivity index (χ0v) is 14.5. The third kappa shape index (κ3) is 3.64. The van der Waals surface area contributed by atoms with Crippen molar-refractivity contribution in [3.05, 3.63) is 88.9 Å². The zero-order valence-electron chi connectivity index (χ0n) is 14.5. The van der Waals surface area contributed by atoms with Crippen LogP contribution in [0.15, 0.2) is 82.2 Å². The Hall–Kier alpha value is -3.67. The van der Waals surface area contributed by atoms with E-state index in [0.717, 1.165) is 10.8 Å². The minimum absolute atomic E-state index is 0.184. The van der Waals surface area contributed by atoms with Gasteiger partial charge in [-0.15, -0.1) is 0 Å². The maximum absolute atomic E-state index is 12.4. The van der Waals surface area contributed by atoms with Gasteiger partial charge < -0.3 is 9.73 Å². The molecule has 0 atom stereocenters. The molecule has 0 aliphatic carbocycles. The summed E-state index contributed by atoms with van der Waals surface area (Å²) in [7, 11) is 0. The fourth-order valence-corrected chi connectivity index (χ4v) is 2.87. The van der Waals surface area contributed by atoms with E-state index in [2.05, 4.69) is 10.4 Å². The van der Waals surface area contributed by atoms with Gasteiger partial charge in [-0.2, -0.15) is 5.10 Å². The summed E-state index contributed by atoms with van der Waals surface area (Å²) < 4.78 is 6.62. The maximum Gasteiger partial charge on any atom is 0.266 e. The SMILES string of the molecule is O=C(NCCn1nc(-c2ccco2)ccc1=O)c1ccc2ccccc2c1. The van der Waals surface area contributed by atoms with Crippen molar-refractivity contribution in [2.75, 3.05) is 6.54 Å². The number of fused-ring (bicyclic) bond motifs is 1. The van der Waals surface area contributed by atoms with Gasteiger partial charge in [0.05, 0.1) is 12.8 Å². The molecule has 0 fully saturated rings. The molecule has 1 amide bonds. The van der Waals surface area contributed by atoms with Crippen LogP contribution in [0.2, 0.25) is 0 Å². The van der Waals surface area contributed by atoms with Gasteiger partial charge in [0.15, 0.2) is 5.76 Å². The second kappa shape index (κ2) is 7.29. The number of nitrogens with zero attached hydrogens (tertiary/aromatic N) is 2. The lowest BCUT2D eigenvalue weighted by molar-refractivity contribution is 0.0952. The summed E-state index contributed by atoms with van der Waals surface area (Å²) in [6, 6.07) is 20.0. The number of nitrogens with one attached hydrogen (secondary N) is 1. The van der Waals surface area contributed by atoms with Crippen LogP contribution in [0.5, 0.6) is 0 Å². The van der Waals surface area contributed by atoms with Gasteiger partial charge in [-0.1, -0.05) is 30.3 Å². The summed E-state index contributed by atoms with van der Waals surface area (Å²) in [6.07, 6.45) is 1.55. The van der Waals surface area contributed by atoms with E-state index < -0.39 is 0 Å². The minimum Gasteiger partial charge on any atom is -0.463 e. The Morgan fingerprint density at radius 3 is 2.67 bits per heavy atom. The lowest BCUT2D eigenvalue weighted by Gasteiger charge is -2.08. The highest BCUT2D eigenvalue weighted by atomic mass is 16.3. The van der Waals surface area contributed by atoms with E-state index in [-0.39, 0.29) is 18.0 Å². The van der Waals surface area contributed by atoms with Gasteiger partial charge in [-0.05, 0) is 41.1 Å². The molecule has 0 bridgehead atoms. The second-order valence-electron chi connectivity index (χ2n) is 6.08. The van der Waals surface area contributed by atoms with Crippen molar-refractivity contribution in [1.29, 1.82) is 0 Å². The van der Waals surface area contributed by atoms with E-state index in [1.165, 1.54) is 10.7 Å². The Morgan fingerprint density at radius 2 is 1.85 bits per heavy atom. The first kappa shape index (κ1) is 16.8. The molecule has 27 heavy (non-hydrogen) atoms. The van der Waals surface area contributed by atoms with E-state index in [1.807, 2.05) is 36.4 Å². The predicted octanol–water partition coefficient (Wildman–Crippen LogP) is 3.09. The zero-order chi connectivity index (χ0) is 18.6. The lowest BCUT2D eigenvalue weighted by Crippen LogP contribution is -2.31. The summed E-state index contributed by atoms with van der Waals surface area (Å²) in [5.74, 6) is 0.403. The molecule has 6 heteroatoms. The highest BCUT2D eigenvalue weighted by molar-refractivity contribution is 5.98. The molecule has 0 aliphatic rings. The van der Waals surface area contributed by atoms with Crippen LogP contribution in [-0.2, 0) is 6.54 Å². The van der Waals surface area contributed by atoms with Crippen molar-refractivity contribution in [3.63, 3.8) is 0 Å². The normalized spacial score (nSPS) is 10.8. The number of amides is 1. The number of aromatic nitrogens is 2. The van der Waals surface area contributed by atoms with Crippen molar-refractivity contribution in [2.24, 2.45) is 0 Å². The molecule has 134 valence electrons. The summed E-state index contributed by atoms with van der Waals surface area (Å²) >= 11 is 0. The quantitative estimate of drug-likeness (QED) is 0.594. The van der Waals surface area contributed by atoms with Crippen molar-refractivity contribution < 1.29 is 9.21 Å². The van der Waals surface area contributed by atoms with E-state index in [1.54, 1.807) is 30.5 Å². The van der Waals surface area contributed by atoms with E-state index >= 15 is 0 Å². The van der Waals surface area contributed by atoms with E-state index in [9.17, 15) is 9.59 Å². The molecule has 0 radical (unpaired) electrons. The summed E-state index contributed by atoms with van der Waals surface area (Å²) in [6.45, 7) is 0.562. The van der Waals surface area contributed by atoms with Gasteiger partial charge in [0, 0.05) is 18.2 Å². The summed E-state index contributed by atoms with van der Waals surface area (Å²) in [4.78, 5) is 24.4. The van der Waals surface area contributed by atoms with Crippen LogP contribution in [0.4, 0.5) is 0 Å². The number of carbonyl (C=O) groups excluding carboxylic acids is 1. The lowest BCUT2D eigenvalue weighted by atomic mass is 10.1. The van der Waals surface area contributed by atoms with Crippen LogP contribution in [0, 0.1) is 0 Å². The van der Waals surface area contributed by atoms with Gasteiger partial charge in [0.25, 0.3) is 11.5 Å². The Labute approximate surface area is 155 Å². The fraction of sp³-hybridized carbons (Fsp3) is 0.0952. The monoisotopic (exact) mass is 359 g/mol. The van der Waals surface area contributed by atoms with Crippen molar-refractivity contribution >= 4 is 16.7 Å². The van der Waals surface area contributed by atoms with Crippen molar-refractivity contribution in [2.45, 2.75) is 6.54 Å². The Bertz CT molecular complexity index is 1150. The number of benzene rings is 2. The fourth-order valence-electron chi connectivity index (χ4n) is 2.87. The molecule has 2 heterocycles. The van der Waals surface area contributed by atoms with Crippen LogP contribution in [0.3, 0.4) is 0 Å². The molecule has 0 unspecified atom stereocenters. The molecule has 2 aromatic heterocycles. The Morgan fingerprint density at radius 1 is 1.00 bits per heavy atom. The molecular weight excluding hydrogens is 342 g/mol. The van der Waals surface area contributed by atoms with Crippen LogP contribution in [0.25, 0.3) is 22.2 Å². The average molecular weight is 359 g/mol. The second-order valence-corrected chi connectivity index (χ2v) is 6.08. The number of hydrogen-bond acceptors (Lipinski definition) is 4. The molecule has 1 N–H and O–H groups in total. The topological polar surface area (TPSA) is 77.1 Å². The van der Waals surface area contributed by atoms with Gasteiger partial charge in [-0.25, -0.2) is 4.68 Å². The first-order chi connectivity index (χ1) is 13.2. The smallest absolute Gasteiger partial charge is 0.266 e. The third-order valence-electron chi connectivity index (χ3n) is 4.26. The van der Waals surface area contributed by atoms with Crippen LogP contribution < -0.4 is 10.9 Å². The van der Waals surface area contributed by atoms with E-state index in [0.29, 0.717) is 23.6 Å². The number of furan rings is 1. The molecule has 0 saturated carbocycles. The van der Waals surface area contributed by atoms with Gasteiger partial charge in [0.2, 0.25) is 0 Å². The molecule has 0 saturated heterocycles. The Kier molecular flexibility index (Phi) is 4.53. The standard InChI is InChI=1S/C21H17N3O3/c25-20-10-9-18(19-6-3-13-27-19)23-24(20)12-11-22-21(26)17-8-7-15-4-1-2-5-16(15)14-17/h1-10,13-14H,11-12H2,(H,22,26). The number of carbonyl (C=O) groups is 1. The van der Waals surface area contributed by atoms with Crippen molar-refractivity contribution in [1.82, 2.24) is 15.1 Å². The van der Waals surface area contributed by atoms with Gasteiger partial charge in [-0.3, -0.25) is 9.59 Å². The van der Waals surface area contributed by atoms with Crippen LogP contribution in [-0.4, -0.2) is 22.2 Å². The largest absolute Gasteiger partial charge is 0.463 e. The minimum atomic E-state index is -0.231. The third-order valence-corrected chi connectivity index (χ3v) is 4.26. The highest BCUT2D eigenvalue weighted by Gasteiger charge is 2.08. The molecule has 4 aromatic rings.